The van der Waals surface area contributed by atoms with Crippen LogP contribution < -0.4 is 9.47 Å². The molecule has 3 heterocycles. The van der Waals surface area contributed by atoms with E-state index < -0.39 is 0 Å². The fraction of sp³-hybridized carbons (Fsp3) is 0.562. The van der Waals surface area contributed by atoms with Crippen molar-refractivity contribution < 1.29 is 19.0 Å². The molecule has 0 spiro atoms. The zero-order chi connectivity index (χ0) is 15.1. The zero-order valence-electron chi connectivity index (χ0n) is 12.7. The van der Waals surface area contributed by atoms with Gasteiger partial charge in [-0.05, 0) is 24.6 Å². The van der Waals surface area contributed by atoms with Crippen molar-refractivity contribution >= 4 is 5.91 Å². The molecule has 0 N–H and O–H groups in total. The molecule has 1 aromatic rings. The Labute approximate surface area is 129 Å². The van der Waals surface area contributed by atoms with E-state index in [-0.39, 0.29) is 24.7 Å². The number of carbonyl (C=O) groups excluding carboxylic acids is 1. The molecule has 22 heavy (non-hydrogen) atoms. The maximum Gasteiger partial charge on any atom is 0.248 e. The molecule has 3 aliphatic rings. The van der Waals surface area contributed by atoms with Crippen LogP contribution in [0.2, 0.25) is 0 Å². The van der Waals surface area contributed by atoms with Gasteiger partial charge in [0.1, 0.15) is 6.61 Å². The highest BCUT2D eigenvalue weighted by Crippen LogP contribution is 2.33. The average Bonchev–Trinajstić information content (AvgIpc) is 3.13. The maximum absolute atomic E-state index is 11.9. The van der Waals surface area contributed by atoms with E-state index in [0.717, 1.165) is 37.7 Å². The average molecular weight is 304 g/mol. The van der Waals surface area contributed by atoms with Crippen molar-refractivity contribution in [3.05, 3.63) is 23.8 Å². The first-order valence-electron chi connectivity index (χ1n) is 7.76. The molecule has 0 radical (unpaired) electrons. The predicted octanol–water partition coefficient (Wildman–Crippen LogP) is 0.847. The minimum atomic E-state index is 0.105. The summed E-state index contributed by atoms with van der Waals surface area (Å²) in [6.45, 7) is 5.85. The SMILES string of the molecule is CCN1C(=O)CO[C@H]2CN(Cc3ccc4c(c3)OCO4)C[C@@H]21. The Morgan fingerprint density at radius 2 is 2.09 bits per heavy atom. The van der Waals surface area contributed by atoms with Crippen LogP contribution in [0, 0.1) is 0 Å². The third-order valence-electron chi connectivity index (χ3n) is 4.64. The monoisotopic (exact) mass is 304 g/mol. The van der Waals surface area contributed by atoms with E-state index in [4.69, 9.17) is 14.2 Å². The number of carbonyl (C=O) groups is 1. The molecule has 2 fully saturated rings. The molecule has 0 saturated carbocycles. The third kappa shape index (κ3) is 2.32. The number of fused-ring (bicyclic) bond motifs is 2. The highest BCUT2D eigenvalue weighted by atomic mass is 16.7. The minimum Gasteiger partial charge on any atom is -0.454 e. The third-order valence-corrected chi connectivity index (χ3v) is 4.64. The Morgan fingerprint density at radius 1 is 1.23 bits per heavy atom. The molecular formula is C16H20N2O4. The van der Waals surface area contributed by atoms with Crippen LogP contribution in [0.4, 0.5) is 0 Å². The second kappa shape index (κ2) is 5.44. The Morgan fingerprint density at radius 3 is 2.95 bits per heavy atom. The number of morpholine rings is 1. The van der Waals surface area contributed by atoms with Crippen molar-refractivity contribution in [1.29, 1.82) is 0 Å². The minimum absolute atomic E-state index is 0.105. The number of ether oxygens (including phenoxy) is 3. The van der Waals surface area contributed by atoms with Crippen molar-refractivity contribution in [1.82, 2.24) is 9.80 Å². The van der Waals surface area contributed by atoms with Gasteiger partial charge in [-0.1, -0.05) is 6.07 Å². The van der Waals surface area contributed by atoms with Crippen molar-refractivity contribution in [3.63, 3.8) is 0 Å². The molecule has 0 unspecified atom stereocenters. The molecule has 118 valence electrons. The van der Waals surface area contributed by atoms with Crippen molar-refractivity contribution in [3.8, 4) is 11.5 Å². The quantitative estimate of drug-likeness (QED) is 0.828. The van der Waals surface area contributed by atoms with Gasteiger partial charge in [0.25, 0.3) is 0 Å². The van der Waals surface area contributed by atoms with E-state index >= 15 is 0 Å². The second-order valence-electron chi connectivity index (χ2n) is 5.98. The topological polar surface area (TPSA) is 51.2 Å². The summed E-state index contributed by atoms with van der Waals surface area (Å²) >= 11 is 0. The van der Waals surface area contributed by atoms with E-state index in [1.807, 2.05) is 24.0 Å². The van der Waals surface area contributed by atoms with Gasteiger partial charge < -0.3 is 19.1 Å². The first kappa shape index (κ1) is 13.8. The van der Waals surface area contributed by atoms with Gasteiger partial charge in [0.15, 0.2) is 11.5 Å². The maximum atomic E-state index is 11.9. The van der Waals surface area contributed by atoms with Crippen LogP contribution in [0.1, 0.15) is 12.5 Å². The lowest BCUT2D eigenvalue weighted by atomic mass is 10.1. The van der Waals surface area contributed by atoms with Gasteiger partial charge in [-0.2, -0.15) is 0 Å². The van der Waals surface area contributed by atoms with Gasteiger partial charge in [-0.25, -0.2) is 0 Å². The summed E-state index contributed by atoms with van der Waals surface area (Å²) in [7, 11) is 0. The Bertz CT molecular complexity index is 592. The summed E-state index contributed by atoms with van der Waals surface area (Å²) in [6.07, 6.45) is 0.131. The summed E-state index contributed by atoms with van der Waals surface area (Å²) in [6, 6.07) is 6.24. The lowest BCUT2D eigenvalue weighted by Crippen LogP contribution is -2.53. The van der Waals surface area contributed by atoms with Crippen LogP contribution in [-0.4, -0.2) is 60.9 Å². The Hall–Kier alpha value is -1.79. The highest BCUT2D eigenvalue weighted by molar-refractivity contribution is 5.78. The van der Waals surface area contributed by atoms with Gasteiger partial charge in [0.2, 0.25) is 12.7 Å². The molecule has 4 rings (SSSR count). The summed E-state index contributed by atoms with van der Waals surface area (Å²) in [5.41, 5.74) is 1.19. The van der Waals surface area contributed by atoms with Gasteiger partial charge >= 0.3 is 0 Å². The summed E-state index contributed by atoms with van der Waals surface area (Å²) in [4.78, 5) is 16.2. The van der Waals surface area contributed by atoms with Gasteiger partial charge in [-0.15, -0.1) is 0 Å². The van der Waals surface area contributed by atoms with Crippen molar-refractivity contribution in [2.45, 2.75) is 25.6 Å². The summed E-state index contributed by atoms with van der Waals surface area (Å²) in [5, 5.41) is 0. The summed E-state index contributed by atoms with van der Waals surface area (Å²) < 4.78 is 16.5. The molecule has 0 aromatic heterocycles. The lowest BCUT2D eigenvalue weighted by molar-refractivity contribution is -0.152. The smallest absolute Gasteiger partial charge is 0.248 e. The largest absolute Gasteiger partial charge is 0.454 e. The van der Waals surface area contributed by atoms with Crippen LogP contribution in [0.15, 0.2) is 18.2 Å². The normalized spacial score (nSPS) is 27.3. The number of benzene rings is 1. The molecule has 1 amide bonds. The molecular weight excluding hydrogens is 284 g/mol. The standard InChI is InChI=1S/C16H20N2O4/c1-2-18-12-7-17(8-15(12)20-9-16(18)19)6-11-3-4-13-14(5-11)22-10-21-13/h3-5,12,15H,2,6-10H2,1H3/t12-,15-/m0/s1. The highest BCUT2D eigenvalue weighted by Gasteiger charge is 2.42. The fourth-order valence-electron chi connectivity index (χ4n) is 3.58. The Balaban J connectivity index is 1.45. The molecule has 0 aliphatic carbocycles. The van der Waals surface area contributed by atoms with Gasteiger partial charge in [0.05, 0.1) is 12.1 Å². The molecule has 6 heteroatoms. The first-order valence-corrected chi connectivity index (χ1v) is 7.76. The van der Waals surface area contributed by atoms with E-state index in [0.29, 0.717) is 6.79 Å². The molecule has 0 bridgehead atoms. The van der Waals surface area contributed by atoms with E-state index in [1.165, 1.54) is 5.56 Å². The number of hydrogen-bond donors (Lipinski definition) is 0. The number of rotatable bonds is 3. The molecule has 1 aromatic carbocycles. The number of likely N-dealkylation sites (tertiary alicyclic amines) is 1. The summed E-state index contributed by atoms with van der Waals surface area (Å²) in [5.74, 6) is 1.73. The first-order chi connectivity index (χ1) is 10.7. The van der Waals surface area contributed by atoms with Gasteiger partial charge in [0, 0.05) is 26.2 Å². The number of amides is 1. The van der Waals surface area contributed by atoms with Crippen LogP contribution in [0.5, 0.6) is 11.5 Å². The zero-order valence-corrected chi connectivity index (χ0v) is 12.7. The van der Waals surface area contributed by atoms with Crippen molar-refractivity contribution in [2.75, 3.05) is 33.0 Å². The molecule has 2 atom stereocenters. The van der Waals surface area contributed by atoms with E-state index in [2.05, 4.69) is 11.0 Å². The van der Waals surface area contributed by atoms with E-state index in [1.54, 1.807) is 0 Å². The molecule has 2 saturated heterocycles. The second-order valence-corrected chi connectivity index (χ2v) is 5.98. The fourth-order valence-corrected chi connectivity index (χ4v) is 3.58. The lowest BCUT2D eigenvalue weighted by Gasteiger charge is -2.35. The predicted molar refractivity (Wildman–Crippen MR) is 78.8 cm³/mol. The van der Waals surface area contributed by atoms with Crippen LogP contribution in [-0.2, 0) is 16.1 Å². The van der Waals surface area contributed by atoms with Crippen LogP contribution in [0.3, 0.4) is 0 Å². The van der Waals surface area contributed by atoms with Gasteiger partial charge in [-0.3, -0.25) is 9.69 Å². The van der Waals surface area contributed by atoms with Crippen LogP contribution >= 0.6 is 0 Å². The molecule has 3 aliphatic heterocycles. The Kier molecular flexibility index (Phi) is 3.43. The molecule has 6 nitrogen and oxygen atoms in total. The number of nitrogens with zero attached hydrogens (tertiary/aromatic N) is 2. The number of likely N-dealkylation sites (N-methyl/N-ethyl adjacent to an activating group) is 1. The number of hydrogen-bond acceptors (Lipinski definition) is 5. The van der Waals surface area contributed by atoms with E-state index in [9.17, 15) is 4.79 Å². The van der Waals surface area contributed by atoms with Crippen molar-refractivity contribution in [2.24, 2.45) is 0 Å². The van der Waals surface area contributed by atoms with Crippen LogP contribution in [0.25, 0.3) is 0 Å².